The second-order valence-electron chi connectivity index (χ2n) is 11.9. The summed E-state index contributed by atoms with van der Waals surface area (Å²) < 4.78 is 5.43. The number of nitrogens with zero attached hydrogens (tertiary/aromatic N) is 6. The van der Waals surface area contributed by atoms with Gasteiger partial charge in [-0.1, -0.05) is 41.3 Å². The van der Waals surface area contributed by atoms with Crippen molar-refractivity contribution in [3.63, 3.8) is 0 Å². The zero-order valence-electron chi connectivity index (χ0n) is 25.1. The molecule has 4 aliphatic rings. The van der Waals surface area contributed by atoms with Gasteiger partial charge in [-0.05, 0) is 61.7 Å². The third-order valence-corrected chi connectivity index (χ3v) is 9.07. The van der Waals surface area contributed by atoms with E-state index in [9.17, 15) is 14.4 Å². The molecular formula is C33H40N6O5. The van der Waals surface area contributed by atoms with Gasteiger partial charge in [0.1, 0.15) is 18.4 Å². The van der Waals surface area contributed by atoms with E-state index in [4.69, 9.17) is 16.0 Å². The molecular weight excluding hydrogens is 560 g/mol. The number of imide groups is 1. The lowest BCUT2D eigenvalue weighted by Gasteiger charge is -2.39. The summed E-state index contributed by atoms with van der Waals surface area (Å²) in [6.45, 7) is 7.87. The number of rotatable bonds is 8. The zero-order chi connectivity index (χ0) is 30.5. The van der Waals surface area contributed by atoms with Crippen LogP contribution in [0, 0.1) is 18.3 Å². The van der Waals surface area contributed by atoms with Crippen LogP contribution in [-0.4, -0.2) is 121 Å². The van der Waals surface area contributed by atoms with Crippen molar-refractivity contribution >= 4 is 23.7 Å². The molecule has 1 atom stereocenters. The van der Waals surface area contributed by atoms with Gasteiger partial charge in [-0.3, -0.25) is 14.6 Å². The fourth-order valence-corrected chi connectivity index (χ4v) is 6.57. The van der Waals surface area contributed by atoms with Crippen LogP contribution in [-0.2, 0) is 16.2 Å². The Morgan fingerprint density at radius 2 is 1.59 bits per heavy atom. The number of terminal acetylenes is 1. The van der Waals surface area contributed by atoms with Crippen LogP contribution >= 0.6 is 0 Å². The second-order valence-corrected chi connectivity index (χ2v) is 11.9. The Bertz CT molecular complexity index is 1350. The van der Waals surface area contributed by atoms with Crippen LogP contribution in [0.25, 0.3) is 0 Å². The molecule has 0 bridgehead atoms. The highest BCUT2D eigenvalue weighted by atomic mass is 16.7. The number of piperazine rings is 2. The molecule has 11 heteroatoms. The summed E-state index contributed by atoms with van der Waals surface area (Å²) >= 11 is 0. The third-order valence-electron chi connectivity index (χ3n) is 9.07. The first-order chi connectivity index (χ1) is 21.5. The predicted molar refractivity (Wildman–Crippen MR) is 165 cm³/mol. The summed E-state index contributed by atoms with van der Waals surface area (Å²) in [7, 11) is 0. The fourth-order valence-electron chi connectivity index (χ4n) is 6.57. The van der Waals surface area contributed by atoms with Gasteiger partial charge in [0.25, 0.3) is 5.91 Å². The molecule has 0 N–H and O–H groups in total. The summed E-state index contributed by atoms with van der Waals surface area (Å²) in [5, 5.41) is 0.680. The van der Waals surface area contributed by atoms with E-state index in [2.05, 4.69) is 44.9 Å². The van der Waals surface area contributed by atoms with Crippen molar-refractivity contribution in [1.82, 2.24) is 24.7 Å². The molecule has 4 saturated heterocycles. The highest BCUT2D eigenvalue weighted by molar-refractivity contribution is 6.04. The smallest absolute Gasteiger partial charge is 0.434 e. The zero-order valence-corrected chi connectivity index (χ0v) is 25.1. The normalized spacial score (nSPS) is 21.8. The van der Waals surface area contributed by atoms with Gasteiger partial charge < -0.3 is 24.3 Å². The first-order valence-electron chi connectivity index (χ1n) is 15.5. The molecule has 0 aliphatic carbocycles. The monoisotopic (exact) mass is 600 g/mol. The molecule has 6 rings (SSSR count). The van der Waals surface area contributed by atoms with E-state index in [1.54, 1.807) is 4.90 Å². The van der Waals surface area contributed by atoms with E-state index in [0.29, 0.717) is 62.5 Å². The third kappa shape index (κ3) is 6.77. The molecule has 2 aromatic rings. The number of urea groups is 1. The Kier molecular flexibility index (Phi) is 9.19. The molecule has 0 aromatic heterocycles. The summed E-state index contributed by atoms with van der Waals surface area (Å²) in [6, 6.07) is 17.0. The topological polar surface area (TPSA) is 89.1 Å². The molecule has 0 spiro atoms. The number of amides is 4. The summed E-state index contributed by atoms with van der Waals surface area (Å²) in [6.07, 6.45) is 6.80. The van der Waals surface area contributed by atoms with E-state index >= 15 is 0 Å². The minimum Gasteiger partial charge on any atom is -0.481 e. The predicted octanol–water partition coefficient (Wildman–Crippen LogP) is 2.73. The van der Waals surface area contributed by atoms with Gasteiger partial charge >= 0.3 is 12.1 Å². The average Bonchev–Trinajstić information content (AvgIpc) is 3.29. The summed E-state index contributed by atoms with van der Waals surface area (Å²) in [4.78, 5) is 54.8. The minimum absolute atomic E-state index is 0.217. The Balaban J connectivity index is 0.948. The molecule has 2 aromatic carbocycles. The highest BCUT2D eigenvalue weighted by Gasteiger charge is 2.50. The summed E-state index contributed by atoms with van der Waals surface area (Å²) in [5.74, 6) is 3.25. The number of anilines is 1. The average molecular weight is 601 g/mol. The van der Waals surface area contributed by atoms with Crippen molar-refractivity contribution < 1.29 is 24.0 Å². The number of likely N-dealkylation sites (tertiary alicyclic amines) is 1. The van der Waals surface area contributed by atoms with Crippen LogP contribution < -0.4 is 9.64 Å². The maximum atomic E-state index is 13.3. The number of hydroxylamine groups is 2. The van der Waals surface area contributed by atoms with Crippen LogP contribution in [0.15, 0.2) is 54.6 Å². The van der Waals surface area contributed by atoms with Gasteiger partial charge in [-0.2, -0.15) is 0 Å². The van der Waals surface area contributed by atoms with Crippen molar-refractivity contribution in [2.45, 2.75) is 25.4 Å². The van der Waals surface area contributed by atoms with E-state index in [-0.39, 0.29) is 6.61 Å². The Labute approximate surface area is 258 Å². The Morgan fingerprint density at radius 3 is 2.30 bits per heavy atom. The Morgan fingerprint density at radius 1 is 0.864 bits per heavy atom. The van der Waals surface area contributed by atoms with Crippen molar-refractivity contribution in [3.05, 3.63) is 60.2 Å². The molecule has 4 aliphatic heterocycles. The number of ether oxygens (including phenoxy) is 1. The van der Waals surface area contributed by atoms with Crippen LogP contribution in [0.3, 0.4) is 0 Å². The van der Waals surface area contributed by atoms with Crippen LogP contribution in [0.4, 0.5) is 15.3 Å². The number of piperidine rings is 1. The number of benzene rings is 2. The number of carbonyl (C=O) groups excluding carboxylic acids is 3. The van der Waals surface area contributed by atoms with Crippen molar-refractivity contribution in [2.75, 3.05) is 77.0 Å². The van der Waals surface area contributed by atoms with Gasteiger partial charge in [0, 0.05) is 64.6 Å². The van der Waals surface area contributed by atoms with Crippen LogP contribution in [0.1, 0.15) is 18.4 Å². The van der Waals surface area contributed by atoms with E-state index in [1.807, 2.05) is 30.3 Å². The number of hydrogen-bond acceptors (Lipinski definition) is 8. The quantitative estimate of drug-likeness (QED) is 0.338. The van der Waals surface area contributed by atoms with E-state index < -0.39 is 24.1 Å². The lowest BCUT2D eigenvalue weighted by molar-refractivity contribution is -0.152. The highest BCUT2D eigenvalue weighted by Crippen LogP contribution is 2.27. The molecule has 4 amide bonds. The first kappa shape index (κ1) is 29.8. The molecule has 44 heavy (non-hydrogen) atoms. The maximum absolute atomic E-state index is 13.3. The van der Waals surface area contributed by atoms with Gasteiger partial charge in [-0.25, -0.2) is 9.59 Å². The molecule has 0 unspecified atom stereocenters. The van der Waals surface area contributed by atoms with Crippen LogP contribution in [0.2, 0.25) is 0 Å². The van der Waals surface area contributed by atoms with E-state index in [1.165, 1.54) is 10.5 Å². The van der Waals surface area contributed by atoms with E-state index in [0.717, 1.165) is 44.7 Å². The van der Waals surface area contributed by atoms with Crippen LogP contribution in [0.5, 0.6) is 5.75 Å². The molecule has 4 fully saturated rings. The fraction of sp³-hybridized carbons (Fsp3) is 0.485. The molecule has 11 nitrogen and oxygen atoms in total. The standard InChI is InChI=1S/C33H40N6O5/c1-2-22-43-29-10-8-28(9-11-29)36-17-19-37(20-18-36)33(42)44-39-31(40)30-25-35(16-21-38(30)32(39)41)24-27-12-14-34(15-13-27)23-26-6-4-3-5-7-26/h1,3-11,27,30H,12-25H2/t30-/m1/s1. The lowest BCUT2D eigenvalue weighted by atomic mass is 9.95. The Hall–Kier alpha value is -4.27. The number of fused-ring (bicyclic) bond motifs is 1. The lowest BCUT2D eigenvalue weighted by Crippen LogP contribution is -2.54. The number of hydrogen-bond donors (Lipinski definition) is 0. The number of carbonyl (C=O) groups is 3. The second kappa shape index (κ2) is 13.6. The summed E-state index contributed by atoms with van der Waals surface area (Å²) in [5.41, 5.74) is 2.35. The molecule has 0 radical (unpaired) electrons. The van der Waals surface area contributed by atoms with Gasteiger partial charge in [-0.15, -0.1) is 6.42 Å². The maximum Gasteiger partial charge on any atom is 0.434 e. The van der Waals surface area contributed by atoms with Gasteiger partial charge in [0.2, 0.25) is 0 Å². The SMILES string of the molecule is C#CCOc1ccc(N2CCN(C(=O)ON3C(=O)[C@H]4CN(CC5CCN(Cc6ccccc6)CC5)CCN4C3=O)CC2)cc1. The van der Waals surface area contributed by atoms with Crippen molar-refractivity contribution in [1.29, 1.82) is 0 Å². The molecule has 0 saturated carbocycles. The van der Waals surface area contributed by atoms with Crippen molar-refractivity contribution in [3.8, 4) is 18.1 Å². The largest absolute Gasteiger partial charge is 0.481 e. The molecule has 4 heterocycles. The molecule has 232 valence electrons. The van der Waals surface area contributed by atoms with Gasteiger partial charge in [0.05, 0.1) is 0 Å². The van der Waals surface area contributed by atoms with Crippen molar-refractivity contribution in [2.24, 2.45) is 5.92 Å². The van der Waals surface area contributed by atoms with Gasteiger partial charge in [0.15, 0.2) is 0 Å². The first-order valence-corrected chi connectivity index (χ1v) is 15.5. The minimum atomic E-state index is -0.677.